The van der Waals surface area contributed by atoms with Crippen LogP contribution in [-0.2, 0) is 6.42 Å². The zero-order chi connectivity index (χ0) is 23.3. The average molecular weight is 462 g/mol. The summed E-state index contributed by atoms with van der Waals surface area (Å²) in [5, 5.41) is 9.99. The maximum absolute atomic E-state index is 13.1. The SMILES string of the molecule is C[C@@H](c1ccccc1)N1CCc2c(sc(N)c2C(=O)O)[C@H]1CN1C(=O)c2ccccc2C1=O. The van der Waals surface area contributed by atoms with Crippen molar-refractivity contribution in [2.45, 2.75) is 25.4 Å². The monoisotopic (exact) mass is 461 g/mol. The van der Waals surface area contributed by atoms with Gasteiger partial charge in [-0.15, -0.1) is 11.3 Å². The van der Waals surface area contributed by atoms with Crippen molar-refractivity contribution in [1.82, 2.24) is 9.80 Å². The number of hydrogen-bond acceptors (Lipinski definition) is 6. The molecule has 0 unspecified atom stereocenters. The van der Waals surface area contributed by atoms with Gasteiger partial charge in [-0.3, -0.25) is 19.4 Å². The van der Waals surface area contributed by atoms with Gasteiger partial charge in [-0.25, -0.2) is 4.79 Å². The van der Waals surface area contributed by atoms with E-state index in [9.17, 15) is 19.5 Å². The van der Waals surface area contributed by atoms with Crippen LogP contribution in [0, 0.1) is 0 Å². The molecule has 3 heterocycles. The highest BCUT2D eigenvalue weighted by Gasteiger charge is 2.42. The predicted octanol–water partition coefficient (Wildman–Crippen LogP) is 3.99. The van der Waals surface area contributed by atoms with Crippen molar-refractivity contribution in [2.75, 3.05) is 18.8 Å². The number of rotatable bonds is 5. The molecule has 3 N–H and O–H groups in total. The van der Waals surface area contributed by atoms with Crippen LogP contribution < -0.4 is 5.73 Å². The molecular formula is C25H23N3O4S. The maximum atomic E-state index is 13.1. The van der Waals surface area contributed by atoms with Crippen molar-refractivity contribution in [2.24, 2.45) is 0 Å². The normalized spacial score (nSPS) is 18.8. The lowest BCUT2D eigenvalue weighted by molar-refractivity contribution is 0.0534. The maximum Gasteiger partial charge on any atom is 0.338 e. The Balaban J connectivity index is 1.56. The number of amides is 2. The van der Waals surface area contributed by atoms with Crippen LogP contribution in [0.4, 0.5) is 5.00 Å². The van der Waals surface area contributed by atoms with Crippen molar-refractivity contribution < 1.29 is 19.5 Å². The minimum atomic E-state index is -1.05. The highest BCUT2D eigenvalue weighted by Crippen LogP contribution is 2.45. The zero-order valence-corrected chi connectivity index (χ0v) is 18.8. The highest BCUT2D eigenvalue weighted by atomic mass is 32.1. The van der Waals surface area contributed by atoms with E-state index in [-0.39, 0.29) is 41.0 Å². The van der Waals surface area contributed by atoms with Gasteiger partial charge in [0.15, 0.2) is 0 Å². The Hall–Kier alpha value is -3.49. The Morgan fingerprint density at radius 2 is 1.70 bits per heavy atom. The second-order valence-electron chi connectivity index (χ2n) is 8.35. The van der Waals surface area contributed by atoms with E-state index in [1.807, 2.05) is 30.3 Å². The predicted molar refractivity (Wildman–Crippen MR) is 126 cm³/mol. The van der Waals surface area contributed by atoms with E-state index in [1.165, 1.54) is 16.2 Å². The van der Waals surface area contributed by atoms with Gasteiger partial charge in [0.1, 0.15) is 5.00 Å². The van der Waals surface area contributed by atoms with Gasteiger partial charge in [0.25, 0.3) is 11.8 Å². The number of carboxylic acid groups (broad SMARTS) is 1. The van der Waals surface area contributed by atoms with Gasteiger partial charge in [0.2, 0.25) is 0 Å². The van der Waals surface area contributed by atoms with Crippen LogP contribution in [0.2, 0.25) is 0 Å². The van der Waals surface area contributed by atoms with Gasteiger partial charge in [0.05, 0.1) is 22.7 Å². The van der Waals surface area contributed by atoms with Gasteiger partial charge >= 0.3 is 5.97 Å². The lowest BCUT2D eigenvalue weighted by Gasteiger charge is -2.41. The molecule has 2 amide bonds. The van der Waals surface area contributed by atoms with E-state index in [4.69, 9.17) is 5.73 Å². The van der Waals surface area contributed by atoms with Crippen LogP contribution in [0.5, 0.6) is 0 Å². The van der Waals surface area contributed by atoms with Crippen molar-refractivity contribution in [3.05, 3.63) is 87.3 Å². The summed E-state index contributed by atoms with van der Waals surface area (Å²) in [6.45, 7) is 2.81. The van der Waals surface area contributed by atoms with E-state index >= 15 is 0 Å². The van der Waals surface area contributed by atoms with Gasteiger partial charge in [-0.1, -0.05) is 42.5 Å². The number of imide groups is 1. The van der Waals surface area contributed by atoms with Crippen LogP contribution in [0.25, 0.3) is 0 Å². The number of nitrogen functional groups attached to an aromatic ring is 1. The molecule has 0 saturated carbocycles. The molecule has 33 heavy (non-hydrogen) atoms. The molecule has 8 heteroatoms. The van der Waals surface area contributed by atoms with Gasteiger partial charge in [-0.05, 0) is 36.6 Å². The molecule has 7 nitrogen and oxygen atoms in total. The first kappa shape index (κ1) is 21.4. The number of anilines is 1. The number of nitrogens with zero attached hydrogens (tertiary/aromatic N) is 2. The molecule has 0 fully saturated rings. The number of thiophene rings is 1. The lowest BCUT2D eigenvalue weighted by Crippen LogP contribution is -2.44. The minimum Gasteiger partial charge on any atom is -0.478 e. The van der Waals surface area contributed by atoms with Crippen LogP contribution in [0.1, 0.15) is 66.1 Å². The Kier molecular flexibility index (Phi) is 5.26. The highest BCUT2D eigenvalue weighted by molar-refractivity contribution is 7.16. The molecule has 2 aliphatic heterocycles. The number of carbonyl (C=O) groups excluding carboxylic acids is 2. The molecule has 0 radical (unpaired) electrons. The summed E-state index contributed by atoms with van der Waals surface area (Å²) in [5.74, 6) is -1.69. The molecule has 0 bridgehead atoms. The molecule has 5 rings (SSSR count). The first-order valence-electron chi connectivity index (χ1n) is 10.8. The van der Waals surface area contributed by atoms with Crippen molar-refractivity contribution in [1.29, 1.82) is 0 Å². The Morgan fingerprint density at radius 3 is 2.30 bits per heavy atom. The topological polar surface area (TPSA) is 104 Å². The van der Waals surface area contributed by atoms with Crippen molar-refractivity contribution >= 4 is 34.1 Å². The first-order chi connectivity index (χ1) is 15.9. The summed E-state index contributed by atoms with van der Waals surface area (Å²) < 4.78 is 0. The third-order valence-corrected chi connectivity index (χ3v) is 7.78. The van der Waals surface area contributed by atoms with E-state index in [0.29, 0.717) is 29.7 Å². The minimum absolute atomic E-state index is 0.00358. The van der Waals surface area contributed by atoms with Crippen LogP contribution in [0.15, 0.2) is 54.6 Å². The summed E-state index contributed by atoms with van der Waals surface area (Å²) in [4.78, 5) is 42.4. The summed E-state index contributed by atoms with van der Waals surface area (Å²) in [6.07, 6.45) is 0.542. The van der Waals surface area contributed by atoms with Crippen LogP contribution >= 0.6 is 11.3 Å². The summed E-state index contributed by atoms with van der Waals surface area (Å²) in [6, 6.07) is 16.5. The first-order valence-corrected chi connectivity index (χ1v) is 11.6. The Bertz CT molecular complexity index is 1230. The van der Waals surface area contributed by atoms with Crippen LogP contribution in [0.3, 0.4) is 0 Å². The number of hydrogen-bond donors (Lipinski definition) is 2. The molecule has 3 aromatic rings. The largest absolute Gasteiger partial charge is 0.478 e. The number of aromatic carboxylic acids is 1. The molecule has 2 aliphatic rings. The number of fused-ring (bicyclic) bond motifs is 2. The Morgan fingerprint density at radius 1 is 1.09 bits per heavy atom. The number of nitrogens with two attached hydrogens (primary N) is 1. The fourth-order valence-electron chi connectivity index (χ4n) is 4.95. The molecule has 2 atom stereocenters. The number of carboxylic acids is 1. The molecule has 0 aliphatic carbocycles. The molecule has 168 valence electrons. The van der Waals surface area contributed by atoms with E-state index in [1.54, 1.807) is 24.3 Å². The third-order valence-electron chi connectivity index (χ3n) is 6.62. The van der Waals surface area contributed by atoms with E-state index in [0.717, 1.165) is 10.4 Å². The summed E-state index contributed by atoms with van der Waals surface area (Å²) in [7, 11) is 0. The van der Waals surface area contributed by atoms with Crippen LogP contribution in [-0.4, -0.2) is 45.8 Å². The molecular weight excluding hydrogens is 438 g/mol. The van der Waals surface area contributed by atoms with Gasteiger partial charge in [-0.2, -0.15) is 0 Å². The van der Waals surface area contributed by atoms with Crippen molar-refractivity contribution in [3.63, 3.8) is 0 Å². The van der Waals surface area contributed by atoms with Gasteiger partial charge in [0, 0.05) is 24.0 Å². The quantitative estimate of drug-likeness (QED) is 0.557. The fraction of sp³-hybridized carbons (Fsp3) is 0.240. The zero-order valence-electron chi connectivity index (χ0n) is 18.0. The molecule has 0 spiro atoms. The van der Waals surface area contributed by atoms with E-state index < -0.39 is 5.97 Å². The third kappa shape index (κ3) is 3.42. The van der Waals surface area contributed by atoms with Gasteiger partial charge < -0.3 is 10.8 Å². The second kappa shape index (κ2) is 8.13. The smallest absolute Gasteiger partial charge is 0.338 e. The molecule has 1 aromatic heterocycles. The fourth-order valence-corrected chi connectivity index (χ4v) is 6.18. The number of benzene rings is 2. The summed E-state index contributed by atoms with van der Waals surface area (Å²) >= 11 is 1.25. The molecule has 0 saturated heterocycles. The van der Waals surface area contributed by atoms with Crippen molar-refractivity contribution in [3.8, 4) is 0 Å². The second-order valence-corrected chi connectivity index (χ2v) is 9.43. The number of carbonyl (C=O) groups is 3. The summed E-state index contributed by atoms with van der Waals surface area (Å²) in [5.41, 5.74) is 8.89. The van der Waals surface area contributed by atoms with E-state index in [2.05, 4.69) is 11.8 Å². The Labute approximate surface area is 195 Å². The lowest BCUT2D eigenvalue weighted by atomic mass is 9.94. The standard InChI is InChI=1S/C25H23N3O4S/c1-14(15-7-3-2-4-8-15)27-12-11-18-20(25(31)32)22(26)33-21(18)19(27)13-28-23(29)16-9-5-6-10-17(16)24(28)30/h2-10,14,19H,11-13,26H2,1H3,(H,31,32)/t14-,19+/m0/s1. The average Bonchev–Trinajstić information content (AvgIpc) is 3.29. The molecule has 2 aromatic carbocycles.